The fourth-order valence-electron chi connectivity index (χ4n) is 3.00. The molecule has 1 heterocycles. The van der Waals surface area contributed by atoms with Crippen LogP contribution in [0.4, 0.5) is 5.82 Å². The lowest BCUT2D eigenvalue weighted by Gasteiger charge is -2.31. The van der Waals surface area contributed by atoms with Crippen molar-refractivity contribution in [3.05, 3.63) is 52.4 Å². The van der Waals surface area contributed by atoms with Gasteiger partial charge in [-0.05, 0) is 18.4 Å². The molecule has 0 aliphatic heterocycles. The van der Waals surface area contributed by atoms with Crippen molar-refractivity contribution in [3.63, 3.8) is 0 Å². The second kappa shape index (κ2) is 7.98. The summed E-state index contributed by atoms with van der Waals surface area (Å²) in [7, 11) is -0.123. The molecule has 0 radical (unpaired) electrons. The van der Waals surface area contributed by atoms with E-state index in [4.69, 9.17) is 21.3 Å². The van der Waals surface area contributed by atoms with Gasteiger partial charge in [-0.3, -0.25) is 0 Å². The molecule has 27 heavy (non-hydrogen) atoms. The summed E-state index contributed by atoms with van der Waals surface area (Å²) in [5, 5.41) is 0.278. The molecule has 1 aromatic heterocycles. The maximum absolute atomic E-state index is 12.2. The summed E-state index contributed by atoms with van der Waals surface area (Å²) in [6.07, 6.45) is 2.98. The minimum absolute atomic E-state index is 0.166. The van der Waals surface area contributed by atoms with Gasteiger partial charge in [0.25, 0.3) is 0 Å². The Bertz CT molecular complexity index is 820. The van der Waals surface area contributed by atoms with Crippen LogP contribution in [0.3, 0.4) is 0 Å². The molecule has 1 aliphatic carbocycles. The Morgan fingerprint density at radius 2 is 1.89 bits per heavy atom. The Kier molecular flexibility index (Phi) is 5.86. The molecule has 0 N–H and O–H groups in total. The molecular weight excluding hydrogens is 378 g/mol. The average molecular weight is 404 g/mol. The van der Waals surface area contributed by atoms with Gasteiger partial charge in [-0.1, -0.05) is 61.6 Å². The van der Waals surface area contributed by atoms with E-state index in [1.807, 2.05) is 18.2 Å². The van der Waals surface area contributed by atoms with Crippen LogP contribution in [0.25, 0.3) is 0 Å². The topological polar surface area (TPSA) is 55.3 Å². The van der Waals surface area contributed by atoms with Crippen molar-refractivity contribution < 1.29 is 9.53 Å². The van der Waals surface area contributed by atoms with Crippen LogP contribution in [0.5, 0.6) is 0 Å². The molecule has 144 valence electrons. The molecule has 0 atom stereocenters. The SMILES string of the molecule is COC(=O)c1nc(C2CC2)nc(N(Cc2ccccc2)C[Si](C)(C)C)c1Cl. The quantitative estimate of drug-likeness (QED) is 0.496. The molecule has 0 amide bonds. The first-order chi connectivity index (χ1) is 12.8. The van der Waals surface area contributed by atoms with Crippen molar-refractivity contribution in [2.24, 2.45) is 0 Å². The first-order valence-corrected chi connectivity index (χ1v) is 13.3. The third kappa shape index (κ3) is 5.08. The van der Waals surface area contributed by atoms with E-state index in [1.165, 1.54) is 12.7 Å². The van der Waals surface area contributed by atoms with Crippen LogP contribution in [0.1, 0.15) is 40.6 Å². The predicted molar refractivity (Wildman–Crippen MR) is 111 cm³/mol. The zero-order valence-corrected chi connectivity index (χ0v) is 18.1. The Morgan fingerprint density at radius 3 is 2.44 bits per heavy atom. The largest absolute Gasteiger partial charge is 0.464 e. The fourth-order valence-corrected chi connectivity index (χ4v) is 4.69. The highest BCUT2D eigenvalue weighted by Crippen LogP contribution is 2.40. The number of nitrogens with zero attached hydrogens (tertiary/aromatic N) is 3. The summed E-state index contributed by atoms with van der Waals surface area (Å²) >= 11 is 6.62. The van der Waals surface area contributed by atoms with Crippen LogP contribution in [0.2, 0.25) is 24.7 Å². The Labute approximate surface area is 166 Å². The van der Waals surface area contributed by atoms with Crippen molar-refractivity contribution in [1.82, 2.24) is 9.97 Å². The van der Waals surface area contributed by atoms with Gasteiger partial charge in [0.2, 0.25) is 0 Å². The third-order valence-electron chi connectivity index (χ3n) is 4.35. The lowest BCUT2D eigenvalue weighted by molar-refractivity contribution is 0.0593. The Balaban J connectivity index is 2.06. The smallest absolute Gasteiger partial charge is 0.358 e. The average Bonchev–Trinajstić information content (AvgIpc) is 3.45. The lowest BCUT2D eigenvalue weighted by Crippen LogP contribution is -2.41. The van der Waals surface area contributed by atoms with Gasteiger partial charge < -0.3 is 9.64 Å². The summed E-state index contributed by atoms with van der Waals surface area (Å²) in [6.45, 7) is 7.61. The fraction of sp³-hybridized carbons (Fsp3) is 0.450. The summed E-state index contributed by atoms with van der Waals surface area (Å²) < 4.78 is 4.90. The van der Waals surface area contributed by atoms with Gasteiger partial charge in [0.05, 0.1) is 15.2 Å². The first kappa shape index (κ1) is 19.8. The highest BCUT2D eigenvalue weighted by molar-refractivity contribution is 6.76. The second-order valence-electron chi connectivity index (χ2n) is 8.24. The maximum atomic E-state index is 12.2. The lowest BCUT2D eigenvalue weighted by atomic mass is 10.2. The van der Waals surface area contributed by atoms with E-state index in [9.17, 15) is 4.79 Å². The molecule has 1 fully saturated rings. The van der Waals surface area contributed by atoms with Gasteiger partial charge in [-0.25, -0.2) is 14.8 Å². The number of rotatable bonds is 7. The summed E-state index contributed by atoms with van der Waals surface area (Å²) in [5.74, 6) is 1.14. The molecule has 0 spiro atoms. The molecule has 0 saturated heterocycles. The van der Waals surface area contributed by atoms with Crippen LogP contribution in [-0.4, -0.2) is 37.3 Å². The molecule has 1 aliphatic rings. The number of carbonyl (C=O) groups excluding carboxylic acids is 1. The molecule has 3 rings (SSSR count). The predicted octanol–water partition coefficient (Wildman–Crippen LogP) is 4.68. The number of methoxy groups -OCH3 is 1. The summed E-state index contributed by atoms with van der Waals surface area (Å²) in [5.41, 5.74) is 1.35. The molecule has 1 saturated carbocycles. The van der Waals surface area contributed by atoms with Gasteiger partial charge in [-0.2, -0.15) is 0 Å². The third-order valence-corrected chi connectivity index (χ3v) is 6.03. The molecule has 1 aromatic carbocycles. The number of aromatic nitrogens is 2. The molecule has 7 heteroatoms. The number of ether oxygens (including phenoxy) is 1. The number of anilines is 1. The summed E-state index contributed by atoms with van der Waals surface area (Å²) in [6, 6.07) is 10.2. The van der Waals surface area contributed by atoms with Gasteiger partial charge in [0.1, 0.15) is 10.8 Å². The zero-order valence-electron chi connectivity index (χ0n) is 16.3. The van der Waals surface area contributed by atoms with E-state index in [0.29, 0.717) is 24.1 Å². The van der Waals surface area contributed by atoms with Crippen molar-refractivity contribution in [2.75, 3.05) is 18.2 Å². The maximum Gasteiger partial charge on any atom is 0.358 e. The second-order valence-corrected chi connectivity index (χ2v) is 14.1. The van der Waals surface area contributed by atoms with Crippen molar-refractivity contribution >= 4 is 31.5 Å². The number of hydrogen-bond acceptors (Lipinski definition) is 5. The van der Waals surface area contributed by atoms with Gasteiger partial charge in [0.15, 0.2) is 11.5 Å². The molecular formula is C20H26ClN3O2Si. The van der Waals surface area contributed by atoms with E-state index in [-0.39, 0.29) is 10.7 Å². The van der Waals surface area contributed by atoms with E-state index in [0.717, 1.165) is 19.0 Å². The Morgan fingerprint density at radius 1 is 1.22 bits per heavy atom. The van der Waals surface area contributed by atoms with Crippen LogP contribution in [-0.2, 0) is 11.3 Å². The summed E-state index contributed by atoms with van der Waals surface area (Å²) in [4.78, 5) is 23.6. The highest BCUT2D eigenvalue weighted by atomic mass is 35.5. The number of hydrogen-bond donors (Lipinski definition) is 0. The van der Waals surface area contributed by atoms with Gasteiger partial charge in [0, 0.05) is 18.6 Å². The Hall–Kier alpha value is -1.92. The standard InChI is InChI=1S/C20H26ClN3O2Si/c1-26-20(25)17-16(21)19(23-18(22-17)15-10-11-15)24(13-27(2,3)4)12-14-8-6-5-7-9-14/h5-9,15H,10-13H2,1-4H3. The molecule has 0 unspecified atom stereocenters. The number of carbonyl (C=O) groups is 1. The monoisotopic (exact) mass is 403 g/mol. The molecule has 0 bridgehead atoms. The molecule has 5 nitrogen and oxygen atoms in total. The van der Waals surface area contributed by atoms with Crippen molar-refractivity contribution in [1.29, 1.82) is 0 Å². The van der Waals surface area contributed by atoms with Crippen LogP contribution in [0.15, 0.2) is 30.3 Å². The van der Waals surface area contributed by atoms with E-state index in [2.05, 4.69) is 41.7 Å². The van der Waals surface area contributed by atoms with E-state index >= 15 is 0 Å². The molecule has 2 aromatic rings. The number of benzene rings is 1. The van der Waals surface area contributed by atoms with Crippen LogP contribution in [0, 0.1) is 0 Å². The van der Waals surface area contributed by atoms with Crippen molar-refractivity contribution in [2.45, 2.75) is 44.9 Å². The number of esters is 1. The minimum Gasteiger partial charge on any atom is -0.464 e. The van der Waals surface area contributed by atoms with Crippen LogP contribution < -0.4 is 4.90 Å². The first-order valence-electron chi connectivity index (χ1n) is 9.23. The minimum atomic E-state index is -1.47. The van der Waals surface area contributed by atoms with Crippen molar-refractivity contribution in [3.8, 4) is 0 Å². The number of halogens is 1. The highest BCUT2D eigenvalue weighted by Gasteiger charge is 2.32. The zero-order chi connectivity index (χ0) is 19.6. The van der Waals surface area contributed by atoms with Gasteiger partial charge in [-0.15, -0.1) is 0 Å². The van der Waals surface area contributed by atoms with Gasteiger partial charge >= 0.3 is 5.97 Å². The van der Waals surface area contributed by atoms with E-state index in [1.54, 1.807) is 0 Å². The normalized spacial score (nSPS) is 14.1. The van der Waals surface area contributed by atoms with E-state index < -0.39 is 14.0 Å². The van der Waals surface area contributed by atoms with Crippen LogP contribution >= 0.6 is 11.6 Å².